The van der Waals surface area contributed by atoms with E-state index < -0.39 is 0 Å². The van der Waals surface area contributed by atoms with Gasteiger partial charge in [-0.15, -0.1) is 0 Å². The number of aryl methyl sites for hydroxylation is 1. The average Bonchev–Trinajstić information content (AvgIpc) is 2.38. The van der Waals surface area contributed by atoms with E-state index in [9.17, 15) is 9.18 Å². The van der Waals surface area contributed by atoms with E-state index in [1.807, 2.05) is 6.92 Å². The molecule has 1 heterocycles. The zero-order valence-electron chi connectivity index (χ0n) is 10.4. The second kappa shape index (κ2) is 5.90. The monoisotopic (exact) mass is 260 g/mol. The van der Waals surface area contributed by atoms with Crippen molar-refractivity contribution < 1.29 is 4.39 Å². The van der Waals surface area contributed by atoms with Crippen molar-refractivity contribution in [3.8, 4) is 0 Å². The number of anilines is 1. The molecule has 6 heteroatoms. The Labute approximate surface area is 109 Å². The summed E-state index contributed by atoms with van der Waals surface area (Å²) in [5.41, 5.74) is 3.65. The van der Waals surface area contributed by atoms with Crippen LogP contribution in [0.15, 0.2) is 40.2 Å². The van der Waals surface area contributed by atoms with Gasteiger partial charge in [-0.25, -0.2) is 14.8 Å². The van der Waals surface area contributed by atoms with E-state index in [1.165, 1.54) is 24.4 Å². The third kappa shape index (κ3) is 3.74. The molecule has 1 aromatic heterocycles. The summed E-state index contributed by atoms with van der Waals surface area (Å²) in [6.45, 7) is 1.90. The van der Waals surface area contributed by atoms with Gasteiger partial charge in [0, 0.05) is 11.8 Å². The zero-order chi connectivity index (χ0) is 13.7. The molecule has 2 aromatic rings. The summed E-state index contributed by atoms with van der Waals surface area (Å²) < 4.78 is 12.9. The summed E-state index contributed by atoms with van der Waals surface area (Å²) in [7, 11) is 0. The van der Waals surface area contributed by atoms with Crippen LogP contribution in [-0.2, 0) is 6.42 Å². The molecule has 0 fully saturated rings. The van der Waals surface area contributed by atoms with Gasteiger partial charge >= 0.3 is 0 Å². The third-order valence-electron chi connectivity index (χ3n) is 2.39. The van der Waals surface area contributed by atoms with Crippen molar-refractivity contribution >= 4 is 12.2 Å². The van der Waals surface area contributed by atoms with Gasteiger partial charge in [0.25, 0.3) is 5.56 Å². The third-order valence-corrected chi connectivity index (χ3v) is 2.39. The lowest BCUT2D eigenvalue weighted by atomic mass is 10.2. The summed E-state index contributed by atoms with van der Waals surface area (Å²) in [4.78, 5) is 18.0. The van der Waals surface area contributed by atoms with Gasteiger partial charge in [0.1, 0.15) is 5.82 Å². The molecule has 0 saturated heterocycles. The average molecular weight is 260 g/mol. The number of H-pyrrole nitrogens is 1. The summed E-state index contributed by atoms with van der Waals surface area (Å²) in [5, 5.41) is 3.90. The number of hydrogen-bond donors (Lipinski definition) is 2. The maximum Gasteiger partial charge on any atom is 0.252 e. The highest BCUT2D eigenvalue weighted by molar-refractivity contribution is 5.79. The number of aromatic nitrogens is 2. The molecule has 0 aliphatic rings. The van der Waals surface area contributed by atoms with Crippen molar-refractivity contribution in [3.63, 3.8) is 0 Å². The van der Waals surface area contributed by atoms with Crippen LogP contribution in [0.4, 0.5) is 10.3 Å². The van der Waals surface area contributed by atoms with Crippen LogP contribution in [0, 0.1) is 5.82 Å². The molecule has 0 aliphatic heterocycles. The van der Waals surface area contributed by atoms with Gasteiger partial charge < -0.3 is 0 Å². The quantitative estimate of drug-likeness (QED) is 0.651. The molecular weight excluding hydrogens is 247 g/mol. The number of halogens is 1. The molecule has 2 rings (SSSR count). The molecule has 0 bridgehead atoms. The maximum atomic E-state index is 12.9. The Kier molecular flexibility index (Phi) is 4.02. The summed E-state index contributed by atoms with van der Waals surface area (Å²) >= 11 is 0. The molecule has 0 saturated carbocycles. The zero-order valence-corrected chi connectivity index (χ0v) is 10.4. The van der Waals surface area contributed by atoms with Crippen molar-refractivity contribution in [2.45, 2.75) is 13.3 Å². The van der Waals surface area contributed by atoms with Crippen LogP contribution < -0.4 is 11.0 Å². The van der Waals surface area contributed by atoms with Crippen LogP contribution in [-0.4, -0.2) is 16.2 Å². The van der Waals surface area contributed by atoms with Gasteiger partial charge in [0.2, 0.25) is 5.95 Å². The number of rotatable bonds is 4. The SMILES string of the molecule is CCc1cc(=O)[nH]c(N/N=C\c2cccc(F)c2)n1. The molecule has 19 heavy (non-hydrogen) atoms. The van der Waals surface area contributed by atoms with Gasteiger partial charge in [-0.3, -0.25) is 9.78 Å². The van der Waals surface area contributed by atoms with E-state index in [0.29, 0.717) is 17.7 Å². The molecule has 0 unspecified atom stereocenters. The maximum absolute atomic E-state index is 12.9. The lowest BCUT2D eigenvalue weighted by Crippen LogP contribution is -2.11. The number of nitrogens with zero attached hydrogens (tertiary/aromatic N) is 2. The Balaban J connectivity index is 2.10. The minimum absolute atomic E-state index is 0.240. The van der Waals surface area contributed by atoms with Crippen LogP contribution >= 0.6 is 0 Å². The Hall–Kier alpha value is -2.50. The van der Waals surface area contributed by atoms with Crippen LogP contribution in [0.3, 0.4) is 0 Å². The fourth-order valence-corrected chi connectivity index (χ4v) is 1.50. The number of nitrogens with one attached hydrogen (secondary N) is 2. The lowest BCUT2D eigenvalue weighted by molar-refractivity contribution is 0.627. The first-order valence-corrected chi connectivity index (χ1v) is 5.82. The number of aromatic amines is 1. The number of hydrogen-bond acceptors (Lipinski definition) is 4. The van der Waals surface area contributed by atoms with E-state index in [4.69, 9.17) is 0 Å². The Morgan fingerprint density at radius 3 is 3.05 bits per heavy atom. The topological polar surface area (TPSA) is 70.1 Å². The summed E-state index contributed by atoms with van der Waals surface area (Å²) in [5.74, 6) is -0.0690. The van der Waals surface area contributed by atoms with Crippen LogP contribution in [0.1, 0.15) is 18.2 Å². The first-order valence-electron chi connectivity index (χ1n) is 5.82. The molecule has 0 radical (unpaired) electrons. The van der Waals surface area contributed by atoms with E-state index in [-0.39, 0.29) is 17.3 Å². The van der Waals surface area contributed by atoms with Gasteiger partial charge in [0.15, 0.2) is 0 Å². The van der Waals surface area contributed by atoms with Crippen molar-refractivity contribution in [3.05, 3.63) is 57.8 Å². The smallest absolute Gasteiger partial charge is 0.252 e. The van der Waals surface area contributed by atoms with Gasteiger partial charge in [0.05, 0.1) is 6.21 Å². The minimum Gasteiger partial charge on any atom is -0.291 e. The molecule has 98 valence electrons. The first-order chi connectivity index (χ1) is 9.17. The standard InChI is InChI=1S/C13H13FN4O/c1-2-11-7-12(19)17-13(16-11)18-15-8-9-4-3-5-10(14)6-9/h3-8H,2H2,1H3,(H2,16,17,18,19)/b15-8-. The fourth-order valence-electron chi connectivity index (χ4n) is 1.50. The van der Waals surface area contributed by atoms with Crippen molar-refractivity contribution in [2.24, 2.45) is 5.10 Å². The first kappa shape index (κ1) is 12.9. The van der Waals surface area contributed by atoms with Crippen molar-refractivity contribution in [1.82, 2.24) is 9.97 Å². The highest BCUT2D eigenvalue weighted by Crippen LogP contribution is 2.01. The second-order valence-corrected chi connectivity index (χ2v) is 3.86. The van der Waals surface area contributed by atoms with Crippen molar-refractivity contribution in [2.75, 3.05) is 5.43 Å². The molecule has 0 aliphatic carbocycles. The summed E-state index contributed by atoms with van der Waals surface area (Å²) in [6.07, 6.45) is 2.11. The lowest BCUT2D eigenvalue weighted by Gasteiger charge is -2.01. The summed E-state index contributed by atoms with van der Waals surface area (Å²) in [6, 6.07) is 7.45. The Bertz CT molecular complexity index is 651. The van der Waals surface area contributed by atoms with Crippen LogP contribution in [0.2, 0.25) is 0 Å². The molecule has 1 aromatic carbocycles. The van der Waals surface area contributed by atoms with Gasteiger partial charge in [-0.1, -0.05) is 19.1 Å². The van der Waals surface area contributed by atoms with Crippen molar-refractivity contribution in [1.29, 1.82) is 0 Å². The molecular formula is C13H13FN4O. The molecule has 2 N–H and O–H groups in total. The molecule has 0 amide bonds. The normalized spacial score (nSPS) is 10.8. The highest BCUT2D eigenvalue weighted by atomic mass is 19.1. The number of hydrazone groups is 1. The van der Waals surface area contributed by atoms with E-state index >= 15 is 0 Å². The Morgan fingerprint density at radius 1 is 1.47 bits per heavy atom. The Morgan fingerprint density at radius 2 is 2.32 bits per heavy atom. The molecule has 0 atom stereocenters. The predicted molar refractivity (Wildman–Crippen MR) is 71.9 cm³/mol. The molecule has 5 nitrogen and oxygen atoms in total. The second-order valence-electron chi connectivity index (χ2n) is 3.86. The highest BCUT2D eigenvalue weighted by Gasteiger charge is 1.98. The van der Waals surface area contributed by atoms with Gasteiger partial charge in [-0.2, -0.15) is 5.10 Å². The number of benzene rings is 1. The minimum atomic E-state index is -0.330. The molecule has 0 spiro atoms. The van der Waals surface area contributed by atoms with E-state index in [0.717, 1.165) is 0 Å². The van der Waals surface area contributed by atoms with Gasteiger partial charge in [-0.05, 0) is 24.1 Å². The fraction of sp³-hybridized carbons (Fsp3) is 0.154. The van der Waals surface area contributed by atoms with Crippen LogP contribution in [0.5, 0.6) is 0 Å². The largest absolute Gasteiger partial charge is 0.291 e. The predicted octanol–water partition coefficient (Wildman–Crippen LogP) is 1.92. The van der Waals surface area contributed by atoms with E-state index in [2.05, 4.69) is 20.5 Å². The van der Waals surface area contributed by atoms with Crippen LogP contribution in [0.25, 0.3) is 0 Å². The van der Waals surface area contributed by atoms with E-state index in [1.54, 1.807) is 12.1 Å².